The van der Waals surface area contributed by atoms with Crippen LogP contribution in [-0.4, -0.2) is 42.0 Å². The Morgan fingerprint density at radius 3 is 2.32 bits per heavy atom. The zero-order chi connectivity index (χ0) is 21.8. The third-order valence-corrected chi connectivity index (χ3v) is 4.84. The second-order valence-electron chi connectivity index (χ2n) is 6.79. The fourth-order valence-electron chi connectivity index (χ4n) is 3.32. The van der Waals surface area contributed by atoms with Gasteiger partial charge in [-0.05, 0) is 11.6 Å². The van der Waals surface area contributed by atoms with Crippen LogP contribution >= 0.6 is 0 Å². The van der Waals surface area contributed by atoms with Crippen molar-refractivity contribution in [3.63, 3.8) is 0 Å². The molecule has 0 atom stereocenters. The summed E-state index contributed by atoms with van der Waals surface area (Å²) in [6.07, 6.45) is 3.25. The second-order valence-corrected chi connectivity index (χ2v) is 6.79. The molecule has 0 aliphatic rings. The van der Waals surface area contributed by atoms with Crippen LogP contribution in [0.15, 0.2) is 60.9 Å². The minimum Gasteiger partial charge on any atom is -0.493 e. The fourth-order valence-corrected chi connectivity index (χ4v) is 3.32. The Hall–Kier alpha value is -4.07. The molecule has 2 aromatic carbocycles. The van der Waals surface area contributed by atoms with Gasteiger partial charge in [0.15, 0.2) is 17.1 Å². The molecule has 0 radical (unpaired) electrons. The molecule has 158 valence electrons. The average Bonchev–Trinajstić information content (AvgIpc) is 3.20. The molecular weight excluding hydrogens is 396 g/mol. The van der Waals surface area contributed by atoms with Gasteiger partial charge < -0.3 is 19.5 Å². The summed E-state index contributed by atoms with van der Waals surface area (Å²) in [6, 6.07) is 15.1. The molecular formula is C23H22N4O4. The van der Waals surface area contributed by atoms with Gasteiger partial charge in [-0.1, -0.05) is 30.3 Å². The van der Waals surface area contributed by atoms with Crippen molar-refractivity contribution >= 4 is 22.6 Å². The highest BCUT2D eigenvalue weighted by Crippen LogP contribution is 2.40. The van der Waals surface area contributed by atoms with E-state index in [1.807, 2.05) is 35.0 Å². The first-order valence-corrected chi connectivity index (χ1v) is 9.59. The van der Waals surface area contributed by atoms with Crippen LogP contribution in [0, 0.1) is 0 Å². The molecule has 31 heavy (non-hydrogen) atoms. The van der Waals surface area contributed by atoms with Crippen LogP contribution in [0.25, 0.3) is 11.0 Å². The maximum atomic E-state index is 12.8. The lowest BCUT2D eigenvalue weighted by Gasteiger charge is -2.14. The highest BCUT2D eigenvalue weighted by atomic mass is 16.5. The zero-order valence-corrected chi connectivity index (χ0v) is 17.5. The van der Waals surface area contributed by atoms with Crippen molar-refractivity contribution in [2.75, 3.05) is 26.6 Å². The lowest BCUT2D eigenvalue weighted by Crippen LogP contribution is -2.13. The van der Waals surface area contributed by atoms with E-state index >= 15 is 0 Å². The number of nitrogens with zero attached hydrogens (tertiary/aromatic N) is 3. The summed E-state index contributed by atoms with van der Waals surface area (Å²) in [5.74, 6) is 1.05. The van der Waals surface area contributed by atoms with Gasteiger partial charge in [0.25, 0.3) is 5.91 Å². The Morgan fingerprint density at radius 2 is 1.68 bits per heavy atom. The van der Waals surface area contributed by atoms with E-state index in [0.29, 0.717) is 40.7 Å². The summed E-state index contributed by atoms with van der Waals surface area (Å²) in [4.78, 5) is 17.3. The maximum Gasteiger partial charge on any atom is 0.257 e. The summed E-state index contributed by atoms with van der Waals surface area (Å²) in [6.45, 7) is 0.605. The van der Waals surface area contributed by atoms with Gasteiger partial charge in [0, 0.05) is 29.4 Å². The number of rotatable bonds is 7. The van der Waals surface area contributed by atoms with Crippen molar-refractivity contribution < 1.29 is 19.0 Å². The molecule has 1 N–H and O–H groups in total. The standard InChI is InChI=1S/C23H22N4O4/c1-29-19-10-18(11-20(30-2)21(19)31-3)26-23(28)17-9-16-13-25-27(22(16)24-12-17)14-15-7-5-4-6-8-15/h4-13H,14H2,1-3H3,(H,26,28). The first-order valence-electron chi connectivity index (χ1n) is 9.59. The van der Waals surface area contributed by atoms with E-state index in [1.165, 1.54) is 21.3 Å². The van der Waals surface area contributed by atoms with Crippen molar-refractivity contribution in [3.8, 4) is 17.2 Å². The molecule has 8 nitrogen and oxygen atoms in total. The van der Waals surface area contributed by atoms with E-state index in [9.17, 15) is 4.79 Å². The Labute approximate surface area is 179 Å². The minimum atomic E-state index is -0.306. The molecule has 0 fully saturated rings. The Morgan fingerprint density at radius 1 is 0.968 bits per heavy atom. The molecule has 2 heterocycles. The fraction of sp³-hybridized carbons (Fsp3) is 0.174. The summed E-state index contributed by atoms with van der Waals surface area (Å²) in [7, 11) is 4.57. The van der Waals surface area contributed by atoms with E-state index in [2.05, 4.69) is 15.4 Å². The van der Waals surface area contributed by atoms with Gasteiger partial charge >= 0.3 is 0 Å². The molecule has 1 amide bonds. The molecule has 0 aliphatic heterocycles. The quantitative estimate of drug-likeness (QED) is 0.492. The summed E-state index contributed by atoms with van der Waals surface area (Å²) < 4.78 is 17.8. The number of carbonyl (C=O) groups excluding carboxylic acids is 1. The number of pyridine rings is 1. The van der Waals surface area contributed by atoms with Gasteiger partial charge in [0.1, 0.15) is 0 Å². The molecule has 0 aliphatic carbocycles. The third-order valence-electron chi connectivity index (χ3n) is 4.84. The lowest BCUT2D eigenvalue weighted by molar-refractivity contribution is 0.102. The molecule has 8 heteroatoms. The Bertz CT molecular complexity index is 1200. The van der Waals surface area contributed by atoms with E-state index in [-0.39, 0.29) is 5.91 Å². The van der Waals surface area contributed by atoms with Crippen LogP contribution in [0.1, 0.15) is 15.9 Å². The van der Waals surface area contributed by atoms with Gasteiger partial charge in [-0.2, -0.15) is 5.10 Å². The first kappa shape index (κ1) is 20.2. The normalized spacial score (nSPS) is 10.7. The predicted octanol–water partition coefficient (Wildman–Crippen LogP) is 3.76. The summed E-state index contributed by atoms with van der Waals surface area (Å²) >= 11 is 0. The molecule has 2 aromatic heterocycles. The van der Waals surface area contributed by atoms with Gasteiger partial charge in [-0.25, -0.2) is 9.67 Å². The number of nitrogens with one attached hydrogen (secondary N) is 1. The number of ether oxygens (including phenoxy) is 3. The molecule has 0 unspecified atom stereocenters. The molecule has 4 aromatic rings. The molecule has 4 rings (SSSR count). The maximum absolute atomic E-state index is 12.8. The van der Waals surface area contributed by atoms with E-state index in [4.69, 9.17) is 14.2 Å². The molecule has 0 spiro atoms. The van der Waals surface area contributed by atoms with Crippen molar-refractivity contribution in [1.82, 2.24) is 14.8 Å². The lowest BCUT2D eigenvalue weighted by atomic mass is 10.2. The molecule has 0 saturated carbocycles. The predicted molar refractivity (Wildman–Crippen MR) is 117 cm³/mol. The topological polar surface area (TPSA) is 87.5 Å². The number of methoxy groups -OCH3 is 3. The number of benzene rings is 2. The van der Waals surface area contributed by atoms with Crippen LogP contribution in [-0.2, 0) is 6.54 Å². The molecule has 0 bridgehead atoms. The number of amides is 1. The van der Waals surface area contributed by atoms with Crippen LogP contribution in [0.4, 0.5) is 5.69 Å². The number of aromatic nitrogens is 3. The van der Waals surface area contributed by atoms with Crippen LogP contribution in [0.3, 0.4) is 0 Å². The molecule has 0 saturated heterocycles. The van der Waals surface area contributed by atoms with Gasteiger partial charge in [-0.3, -0.25) is 4.79 Å². The van der Waals surface area contributed by atoms with E-state index in [0.717, 1.165) is 10.9 Å². The van der Waals surface area contributed by atoms with Crippen LogP contribution in [0.5, 0.6) is 17.2 Å². The van der Waals surface area contributed by atoms with Gasteiger partial charge in [0.05, 0.1) is 39.6 Å². The SMILES string of the molecule is COc1cc(NC(=O)c2cnc3c(cnn3Cc3ccccc3)c2)cc(OC)c1OC. The summed E-state index contributed by atoms with van der Waals surface area (Å²) in [5, 5.41) is 8.05. The van der Waals surface area contributed by atoms with Crippen molar-refractivity contribution in [2.45, 2.75) is 6.54 Å². The average molecular weight is 418 g/mol. The highest BCUT2D eigenvalue weighted by Gasteiger charge is 2.16. The van der Waals surface area contributed by atoms with Crippen LogP contribution < -0.4 is 19.5 Å². The van der Waals surface area contributed by atoms with E-state index in [1.54, 1.807) is 30.6 Å². The van der Waals surface area contributed by atoms with Crippen molar-refractivity contribution in [3.05, 3.63) is 72.1 Å². The minimum absolute atomic E-state index is 0.306. The van der Waals surface area contributed by atoms with Gasteiger partial charge in [-0.15, -0.1) is 0 Å². The smallest absolute Gasteiger partial charge is 0.257 e. The number of carbonyl (C=O) groups is 1. The largest absolute Gasteiger partial charge is 0.493 e. The Kier molecular flexibility index (Phi) is 5.70. The highest BCUT2D eigenvalue weighted by molar-refractivity contribution is 6.05. The summed E-state index contributed by atoms with van der Waals surface area (Å²) in [5.41, 5.74) is 2.77. The van der Waals surface area contributed by atoms with Crippen LogP contribution in [0.2, 0.25) is 0 Å². The first-order chi connectivity index (χ1) is 15.1. The third kappa shape index (κ3) is 4.13. The van der Waals surface area contributed by atoms with E-state index < -0.39 is 0 Å². The van der Waals surface area contributed by atoms with Gasteiger partial charge in [0.2, 0.25) is 5.75 Å². The number of fused-ring (bicyclic) bond motifs is 1. The van der Waals surface area contributed by atoms with Crippen molar-refractivity contribution in [1.29, 1.82) is 0 Å². The van der Waals surface area contributed by atoms with Crippen molar-refractivity contribution in [2.24, 2.45) is 0 Å². The number of hydrogen-bond acceptors (Lipinski definition) is 6. The number of hydrogen-bond donors (Lipinski definition) is 1. The monoisotopic (exact) mass is 418 g/mol. The second kappa shape index (κ2) is 8.74. The number of anilines is 1. The zero-order valence-electron chi connectivity index (χ0n) is 17.5. The Balaban J connectivity index is 1.57.